The normalized spacial score (nSPS) is 15.6. The Hall–Kier alpha value is -1.04. The molecule has 0 fully saturated rings. The van der Waals surface area contributed by atoms with Gasteiger partial charge in [0.1, 0.15) is 6.54 Å². The summed E-state index contributed by atoms with van der Waals surface area (Å²) in [6, 6.07) is 0.316. The highest BCUT2D eigenvalue weighted by molar-refractivity contribution is 5.28. The first-order valence-electron chi connectivity index (χ1n) is 6.52. The van der Waals surface area contributed by atoms with Crippen LogP contribution in [-0.4, -0.2) is 22.0 Å². The van der Waals surface area contributed by atoms with E-state index in [2.05, 4.69) is 24.3 Å². The van der Waals surface area contributed by atoms with Crippen LogP contribution in [0.5, 0.6) is 0 Å². The van der Waals surface area contributed by atoms with E-state index in [0.717, 1.165) is 16.7 Å². The maximum Gasteiger partial charge on any atom is 0.408 e. The quantitative estimate of drug-likeness (QED) is 0.892. The Bertz CT molecular complexity index is 424. The van der Waals surface area contributed by atoms with Crippen LogP contribution < -0.4 is 5.32 Å². The Balaban J connectivity index is 2.96. The monoisotopic (exact) mass is 277 g/mol. The van der Waals surface area contributed by atoms with E-state index in [-0.39, 0.29) is 6.04 Å². The standard InChI is InChI=1S/C13H22F3N3/c1-6-8(2)17-9(3)12-10(4)18-19(11(12)5)7-13(14,15)16/h8-9,17H,6-7H2,1-5H3/t8-,9-/m0/s1. The average Bonchev–Trinajstić information content (AvgIpc) is 2.51. The van der Waals surface area contributed by atoms with E-state index in [4.69, 9.17) is 0 Å². The van der Waals surface area contributed by atoms with Gasteiger partial charge in [-0.05, 0) is 34.1 Å². The van der Waals surface area contributed by atoms with Gasteiger partial charge in [0.2, 0.25) is 0 Å². The van der Waals surface area contributed by atoms with Gasteiger partial charge in [0.05, 0.1) is 5.69 Å². The predicted molar refractivity (Wildman–Crippen MR) is 69.1 cm³/mol. The van der Waals surface area contributed by atoms with Gasteiger partial charge < -0.3 is 5.32 Å². The minimum Gasteiger partial charge on any atom is -0.308 e. The van der Waals surface area contributed by atoms with Crippen molar-refractivity contribution in [2.24, 2.45) is 0 Å². The molecule has 0 bridgehead atoms. The van der Waals surface area contributed by atoms with Gasteiger partial charge in [-0.25, -0.2) is 0 Å². The Morgan fingerprint density at radius 1 is 1.26 bits per heavy atom. The lowest BCUT2D eigenvalue weighted by Gasteiger charge is -2.19. The fraction of sp³-hybridized carbons (Fsp3) is 0.769. The molecule has 1 heterocycles. The molecule has 1 rings (SSSR count). The van der Waals surface area contributed by atoms with Gasteiger partial charge in [0, 0.05) is 23.3 Å². The van der Waals surface area contributed by atoms with Crippen LogP contribution in [-0.2, 0) is 6.54 Å². The summed E-state index contributed by atoms with van der Waals surface area (Å²) in [7, 11) is 0. The van der Waals surface area contributed by atoms with Gasteiger partial charge in [-0.15, -0.1) is 0 Å². The number of hydrogen-bond acceptors (Lipinski definition) is 2. The molecule has 0 spiro atoms. The molecule has 0 saturated heterocycles. The van der Waals surface area contributed by atoms with Crippen LogP contribution in [0.3, 0.4) is 0 Å². The lowest BCUT2D eigenvalue weighted by Crippen LogP contribution is -2.29. The second kappa shape index (κ2) is 5.94. The average molecular weight is 277 g/mol. The molecule has 0 unspecified atom stereocenters. The van der Waals surface area contributed by atoms with E-state index in [1.165, 1.54) is 0 Å². The van der Waals surface area contributed by atoms with E-state index >= 15 is 0 Å². The van der Waals surface area contributed by atoms with Crippen LogP contribution >= 0.6 is 0 Å². The number of nitrogens with one attached hydrogen (secondary N) is 1. The summed E-state index contributed by atoms with van der Waals surface area (Å²) in [5, 5.41) is 7.38. The number of nitrogens with zero attached hydrogens (tertiary/aromatic N) is 2. The second-order valence-corrected chi connectivity index (χ2v) is 5.05. The molecule has 1 aromatic rings. The first kappa shape index (κ1) is 16.0. The topological polar surface area (TPSA) is 29.9 Å². The van der Waals surface area contributed by atoms with E-state index in [0.29, 0.717) is 17.4 Å². The number of alkyl halides is 3. The predicted octanol–water partition coefficient (Wildman–Crippen LogP) is 3.51. The molecule has 0 aliphatic carbocycles. The summed E-state index contributed by atoms with van der Waals surface area (Å²) in [5.74, 6) is 0. The largest absolute Gasteiger partial charge is 0.408 e. The van der Waals surface area contributed by atoms with E-state index < -0.39 is 12.7 Å². The van der Waals surface area contributed by atoms with Crippen molar-refractivity contribution in [3.05, 3.63) is 17.0 Å². The first-order chi connectivity index (χ1) is 8.65. The van der Waals surface area contributed by atoms with E-state index in [1.54, 1.807) is 13.8 Å². The Kier molecular flexibility index (Phi) is 5.01. The van der Waals surface area contributed by atoms with Gasteiger partial charge in [0.15, 0.2) is 0 Å². The Morgan fingerprint density at radius 2 is 1.84 bits per heavy atom. The Morgan fingerprint density at radius 3 is 2.32 bits per heavy atom. The van der Waals surface area contributed by atoms with Crippen LogP contribution in [0.2, 0.25) is 0 Å². The van der Waals surface area contributed by atoms with Gasteiger partial charge >= 0.3 is 6.18 Å². The first-order valence-corrected chi connectivity index (χ1v) is 6.52. The van der Waals surface area contributed by atoms with Gasteiger partial charge in [-0.1, -0.05) is 6.92 Å². The van der Waals surface area contributed by atoms with Crippen molar-refractivity contribution >= 4 is 0 Å². The van der Waals surface area contributed by atoms with Gasteiger partial charge in [0.25, 0.3) is 0 Å². The molecule has 0 amide bonds. The van der Waals surface area contributed by atoms with E-state index in [1.807, 2.05) is 6.92 Å². The number of hydrogen-bond donors (Lipinski definition) is 1. The zero-order valence-electron chi connectivity index (χ0n) is 12.1. The van der Waals surface area contributed by atoms with Gasteiger partial charge in [-0.2, -0.15) is 18.3 Å². The fourth-order valence-corrected chi connectivity index (χ4v) is 2.29. The van der Waals surface area contributed by atoms with Crippen molar-refractivity contribution in [1.82, 2.24) is 15.1 Å². The number of halogens is 3. The molecular weight excluding hydrogens is 255 g/mol. The summed E-state index contributed by atoms with van der Waals surface area (Å²) in [6.45, 7) is 8.50. The zero-order chi connectivity index (χ0) is 14.8. The van der Waals surface area contributed by atoms with E-state index in [9.17, 15) is 13.2 Å². The van der Waals surface area contributed by atoms with Crippen molar-refractivity contribution < 1.29 is 13.2 Å². The summed E-state index contributed by atoms with van der Waals surface area (Å²) in [6.07, 6.45) is -3.27. The molecule has 0 aliphatic heterocycles. The molecule has 1 N–H and O–H groups in total. The third-order valence-corrected chi connectivity index (χ3v) is 3.35. The van der Waals surface area contributed by atoms with Crippen LogP contribution in [0, 0.1) is 13.8 Å². The zero-order valence-corrected chi connectivity index (χ0v) is 12.1. The minimum atomic E-state index is -4.24. The fourth-order valence-electron chi connectivity index (χ4n) is 2.29. The second-order valence-electron chi connectivity index (χ2n) is 5.05. The molecule has 0 saturated carbocycles. The minimum absolute atomic E-state index is 0.00284. The van der Waals surface area contributed by atoms with Crippen molar-refractivity contribution in [1.29, 1.82) is 0 Å². The van der Waals surface area contributed by atoms with Crippen molar-refractivity contribution in [2.75, 3.05) is 0 Å². The van der Waals surface area contributed by atoms with Crippen LogP contribution in [0.15, 0.2) is 0 Å². The van der Waals surface area contributed by atoms with Crippen LogP contribution in [0.1, 0.15) is 50.2 Å². The van der Waals surface area contributed by atoms with Crippen molar-refractivity contribution in [3.8, 4) is 0 Å². The third kappa shape index (κ3) is 4.23. The molecule has 1 aromatic heterocycles. The molecule has 2 atom stereocenters. The molecule has 110 valence electrons. The maximum atomic E-state index is 12.5. The smallest absolute Gasteiger partial charge is 0.308 e. The van der Waals surface area contributed by atoms with Gasteiger partial charge in [-0.3, -0.25) is 4.68 Å². The molecule has 0 radical (unpaired) electrons. The molecule has 0 aliphatic rings. The molecule has 6 heteroatoms. The molecular formula is C13H22F3N3. The highest BCUT2D eigenvalue weighted by atomic mass is 19.4. The highest BCUT2D eigenvalue weighted by Gasteiger charge is 2.30. The molecule has 0 aromatic carbocycles. The number of aryl methyl sites for hydroxylation is 1. The number of aromatic nitrogens is 2. The van der Waals surface area contributed by atoms with Crippen molar-refractivity contribution in [3.63, 3.8) is 0 Å². The lowest BCUT2D eigenvalue weighted by molar-refractivity contribution is -0.142. The summed E-state index contributed by atoms with van der Waals surface area (Å²) < 4.78 is 38.4. The SMILES string of the molecule is CC[C@H](C)N[C@@H](C)c1c(C)nn(CC(F)(F)F)c1C. The summed E-state index contributed by atoms with van der Waals surface area (Å²) >= 11 is 0. The Labute approximate surface area is 112 Å². The lowest BCUT2D eigenvalue weighted by atomic mass is 10.1. The maximum absolute atomic E-state index is 12.5. The number of rotatable bonds is 5. The van der Waals surface area contributed by atoms with Crippen LogP contribution in [0.4, 0.5) is 13.2 Å². The molecule has 3 nitrogen and oxygen atoms in total. The van der Waals surface area contributed by atoms with Crippen molar-refractivity contribution in [2.45, 2.75) is 65.8 Å². The summed E-state index contributed by atoms with van der Waals surface area (Å²) in [5.41, 5.74) is 2.10. The highest BCUT2D eigenvalue weighted by Crippen LogP contribution is 2.25. The van der Waals surface area contributed by atoms with Crippen LogP contribution in [0.25, 0.3) is 0 Å². The third-order valence-electron chi connectivity index (χ3n) is 3.35. The summed E-state index contributed by atoms with van der Waals surface area (Å²) in [4.78, 5) is 0. The molecule has 19 heavy (non-hydrogen) atoms.